The van der Waals surface area contributed by atoms with E-state index in [-0.39, 0.29) is 28.0 Å². The largest absolute Gasteiger partial charge is 0.495 e. The van der Waals surface area contributed by atoms with Crippen LogP contribution in [0.5, 0.6) is 5.75 Å². The molecule has 3 aromatic rings. The molecular weight excluding hydrogens is 446 g/mol. The van der Waals surface area contributed by atoms with Crippen LogP contribution in [0, 0.1) is 0 Å². The Morgan fingerprint density at radius 1 is 1.18 bits per heavy atom. The predicted molar refractivity (Wildman–Crippen MR) is 119 cm³/mol. The third-order valence-corrected chi connectivity index (χ3v) is 8.02. The van der Waals surface area contributed by atoms with E-state index in [1.165, 1.54) is 13.2 Å². The second-order valence-electron chi connectivity index (χ2n) is 8.55. The zero-order valence-electron chi connectivity index (χ0n) is 17.8. The van der Waals surface area contributed by atoms with Crippen molar-refractivity contribution in [3.63, 3.8) is 0 Å². The van der Waals surface area contributed by atoms with Gasteiger partial charge in [-0.15, -0.1) is 0 Å². The number of hydrogen-bond donors (Lipinski definition) is 1. The van der Waals surface area contributed by atoms with E-state index in [0.29, 0.717) is 31.0 Å². The number of para-hydroxylation sites is 1. The van der Waals surface area contributed by atoms with Gasteiger partial charge in [-0.25, -0.2) is 13.2 Å². The summed E-state index contributed by atoms with van der Waals surface area (Å²) in [6, 6.07) is 12.3. The molecule has 1 saturated heterocycles. The van der Waals surface area contributed by atoms with Crippen molar-refractivity contribution < 1.29 is 27.2 Å². The highest BCUT2D eigenvalue weighted by molar-refractivity contribution is 7.92. The Morgan fingerprint density at radius 2 is 2.00 bits per heavy atom. The molecule has 6 rings (SSSR count). The van der Waals surface area contributed by atoms with Crippen LogP contribution < -0.4 is 14.4 Å². The SMILES string of the molecule is COc1ccccc1S(=O)(=O)Nc1noc2c1CC1(CC1)c1ccc(N3CCOC3=O)cc1-2. The lowest BCUT2D eigenvalue weighted by Gasteiger charge is -2.26. The molecule has 1 aromatic heterocycles. The minimum absolute atomic E-state index is 0.0245. The van der Waals surface area contributed by atoms with Gasteiger partial charge in [0.2, 0.25) is 0 Å². The number of ether oxygens (including phenoxy) is 2. The Bertz CT molecular complexity index is 1390. The number of carbonyl (C=O) groups is 1. The quantitative estimate of drug-likeness (QED) is 0.609. The Balaban J connectivity index is 1.41. The van der Waals surface area contributed by atoms with Crippen molar-refractivity contribution >= 4 is 27.6 Å². The lowest BCUT2D eigenvalue weighted by atomic mass is 9.79. The summed E-state index contributed by atoms with van der Waals surface area (Å²) >= 11 is 0. The highest BCUT2D eigenvalue weighted by atomic mass is 32.2. The van der Waals surface area contributed by atoms with E-state index >= 15 is 0 Å². The summed E-state index contributed by atoms with van der Waals surface area (Å²) in [6.45, 7) is 0.832. The molecule has 2 aromatic carbocycles. The molecule has 2 heterocycles. The predicted octanol–water partition coefficient (Wildman–Crippen LogP) is 3.70. The number of benzene rings is 2. The van der Waals surface area contributed by atoms with E-state index in [9.17, 15) is 13.2 Å². The van der Waals surface area contributed by atoms with Gasteiger partial charge < -0.3 is 14.0 Å². The summed E-state index contributed by atoms with van der Waals surface area (Å²) in [7, 11) is -2.52. The lowest BCUT2D eigenvalue weighted by molar-refractivity contribution is 0.181. The van der Waals surface area contributed by atoms with E-state index in [0.717, 1.165) is 29.5 Å². The van der Waals surface area contributed by atoms with Crippen LogP contribution in [0.15, 0.2) is 51.9 Å². The molecular formula is C23H21N3O6S. The molecule has 0 bridgehead atoms. The molecule has 0 atom stereocenters. The molecule has 1 spiro atoms. The van der Waals surface area contributed by atoms with Crippen LogP contribution in [0.1, 0.15) is 24.0 Å². The maximum atomic E-state index is 13.1. The smallest absolute Gasteiger partial charge is 0.414 e. The van der Waals surface area contributed by atoms with Crippen LogP contribution in [0.3, 0.4) is 0 Å². The number of fused-ring (bicyclic) bond motifs is 4. The number of rotatable bonds is 5. The average Bonchev–Trinajstić information content (AvgIpc) is 3.28. The number of nitrogens with zero attached hydrogens (tertiary/aromatic N) is 2. The van der Waals surface area contributed by atoms with Crippen LogP contribution in [0.2, 0.25) is 0 Å². The van der Waals surface area contributed by atoms with Crippen molar-refractivity contribution in [3.8, 4) is 17.1 Å². The van der Waals surface area contributed by atoms with Gasteiger partial charge in [-0.05, 0) is 49.1 Å². The van der Waals surface area contributed by atoms with Crippen LogP contribution >= 0.6 is 0 Å². The number of amides is 1. The molecule has 2 fully saturated rings. The number of methoxy groups -OCH3 is 1. The Morgan fingerprint density at radius 3 is 2.73 bits per heavy atom. The van der Waals surface area contributed by atoms with E-state index in [2.05, 4.69) is 9.88 Å². The van der Waals surface area contributed by atoms with Crippen LogP contribution in [0.25, 0.3) is 11.3 Å². The van der Waals surface area contributed by atoms with Crippen molar-refractivity contribution in [2.75, 3.05) is 29.9 Å². The molecule has 1 amide bonds. The van der Waals surface area contributed by atoms with Crippen LogP contribution in [-0.4, -0.2) is 39.9 Å². The molecule has 10 heteroatoms. The Hall–Kier alpha value is -3.53. The normalized spacial score (nSPS) is 18.0. The Kier molecular flexibility index (Phi) is 4.25. The molecule has 170 valence electrons. The molecule has 9 nitrogen and oxygen atoms in total. The molecule has 2 aliphatic carbocycles. The number of cyclic esters (lactones) is 1. The third kappa shape index (κ3) is 3.08. The second kappa shape index (κ2) is 6.98. The number of sulfonamides is 1. The maximum Gasteiger partial charge on any atom is 0.414 e. The molecule has 33 heavy (non-hydrogen) atoms. The van der Waals surface area contributed by atoms with Gasteiger partial charge in [0.15, 0.2) is 11.6 Å². The lowest BCUT2D eigenvalue weighted by Crippen LogP contribution is -2.24. The van der Waals surface area contributed by atoms with Crippen molar-refractivity contribution in [2.45, 2.75) is 29.6 Å². The summed E-state index contributed by atoms with van der Waals surface area (Å²) in [6.07, 6.45) is 2.24. The zero-order valence-corrected chi connectivity index (χ0v) is 18.6. The fourth-order valence-corrected chi connectivity index (χ4v) is 6.00. The van der Waals surface area contributed by atoms with Crippen molar-refractivity contribution in [1.29, 1.82) is 0 Å². The van der Waals surface area contributed by atoms with Crippen LogP contribution in [0.4, 0.5) is 16.3 Å². The molecule has 3 aliphatic rings. The first-order chi connectivity index (χ1) is 15.9. The number of aromatic nitrogens is 1. The van der Waals surface area contributed by atoms with Gasteiger partial charge in [0.1, 0.15) is 17.3 Å². The summed E-state index contributed by atoms with van der Waals surface area (Å²) < 4.78 is 44.8. The van der Waals surface area contributed by atoms with E-state index in [1.54, 1.807) is 23.1 Å². The first-order valence-corrected chi connectivity index (χ1v) is 12.1. The number of carbonyl (C=O) groups excluding carboxylic acids is 1. The maximum absolute atomic E-state index is 13.1. The fourth-order valence-electron chi connectivity index (χ4n) is 4.80. The minimum Gasteiger partial charge on any atom is -0.495 e. The van der Waals surface area contributed by atoms with E-state index in [4.69, 9.17) is 14.0 Å². The first-order valence-electron chi connectivity index (χ1n) is 10.7. The average molecular weight is 468 g/mol. The summed E-state index contributed by atoms with van der Waals surface area (Å²) in [5, 5.41) is 4.09. The van der Waals surface area contributed by atoms with Gasteiger partial charge in [-0.2, -0.15) is 0 Å². The fraction of sp³-hybridized carbons (Fsp3) is 0.304. The van der Waals surface area contributed by atoms with E-state index < -0.39 is 10.0 Å². The monoisotopic (exact) mass is 467 g/mol. The number of nitrogens with one attached hydrogen (secondary N) is 1. The minimum atomic E-state index is -3.95. The molecule has 1 N–H and O–H groups in total. The van der Waals surface area contributed by atoms with Gasteiger partial charge in [0.05, 0.1) is 13.7 Å². The van der Waals surface area contributed by atoms with Gasteiger partial charge in [-0.3, -0.25) is 9.62 Å². The summed E-state index contributed by atoms with van der Waals surface area (Å²) in [5.74, 6) is 0.946. The topological polar surface area (TPSA) is 111 Å². The Labute approximate surface area is 190 Å². The van der Waals surface area contributed by atoms with E-state index in [1.807, 2.05) is 18.2 Å². The molecule has 1 aliphatic heterocycles. The van der Waals surface area contributed by atoms with Gasteiger partial charge in [-0.1, -0.05) is 23.4 Å². The highest BCUT2D eigenvalue weighted by Gasteiger charge is 2.50. The van der Waals surface area contributed by atoms with Crippen molar-refractivity contribution in [1.82, 2.24) is 5.16 Å². The first kappa shape index (κ1) is 20.1. The highest BCUT2D eigenvalue weighted by Crippen LogP contribution is 2.58. The van der Waals surface area contributed by atoms with Gasteiger partial charge in [0, 0.05) is 22.2 Å². The zero-order chi connectivity index (χ0) is 22.8. The molecule has 1 saturated carbocycles. The molecule has 0 unspecified atom stereocenters. The summed E-state index contributed by atoms with van der Waals surface area (Å²) in [4.78, 5) is 13.7. The number of hydrogen-bond acceptors (Lipinski definition) is 7. The summed E-state index contributed by atoms with van der Waals surface area (Å²) in [5.41, 5.74) is 3.35. The molecule has 0 radical (unpaired) electrons. The van der Waals surface area contributed by atoms with Gasteiger partial charge in [0.25, 0.3) is 10.0 Å². The number of anilines is 2. The standard InChI is InChI=1S/C23H21N3O6S/c1-30-18-4-2-3-5-19(18)33(28,29)25-21-16-13-23(8-9-23)17-7-6-14(26-10-11-31-22(26)27)12-15(17)20(16)32-24-21/h2-7,12H,8-11,13H2,1H3,(H,24,25). The van der Waals surface area contributed by atoms with Crippen LogP contribution in [-0.2, 0) is 26.6 Å². The van der Waals surface area contributed by atoms with Gasteiger partial charge >= 0.3 is 6.09 Å². The van der Waals surface area contributed by atoms with Crippen molar-refractivity contribution in [3.05, 3.63) is 53.6 Å². The second-order valence-corrected chi connectivity index (χ2v) is 10.2. The third-order valence-electron chi connectivity index (χ3n) is 6.64. The van der Waals surface area contributed by atoms with Crippen molar-refractivity contribution in [2.24, 2.45) is 0 Å².